The Kier molecular flexibility index (Phi) is 5.78. The molecule has 0 atom stereocenters. The molecule has 1 amide bonds. The number of carbonyl (C=O) groups excluding carboxylic acids is 1. The van der Waals surface area contributed by atoms with Gasteiger partial charge in [0.25, 0.3) is 0 Å². The molecule has 0 aromatic heterocycles. The van der Waals surface area contributed by atoms with Crippen molar-refractivity contribution in [3.8, 4) is 0 Å². The summed E-state index contributed by atoms with van der Waals surface area (Å²) < 4.78 is 5.24. The Balaban J connectivity index is 1.49. The van der Waals surface area contributed by atoms with Gasteiger partial charge < -0.3 is 10.1 Å². The summed E-state index contributed by atoms with van der Waals surface area (Å²) in [6.45, 7) is 0.627. The molecule has 29 heavy (non-hydrogen) atoms. The van der Waals surface area contributed by atoms with E-state index in [4.69, 9.17) is 16.3 Å². The van der Waals surface area contributed by atoms with Crippen LogP contribution in [0.3, 0.4) is 0 Å². The van der Waals surface area contributed by atoms with Crippen LogP contribution in [-0.4, -0.2) is 12.6 Å². The number of carbonyl (C=O) groups is 1. The molecule has 0 saturated carbocycles. The first kappa shape index (κ1) is 19.0. The van der Waals surface area contributed by atoms with E-state index in [1.165, 1.54) is 0 Å². The van der Waals surface area contributed by atoms with E-state index in [2.05, 4.69) is 17.4 Å². The smallest absolute Gasteiger partial charge is 0.407 e. The van der Waals surface area contributed by atoms with Gasteiger partial charge in [0.15, 0.2) is 0 Å². The maximum absolute atomic E-state index is 11.9. The normalized spacial score (nSPS) is 11.2. The molecule has 0 bridgehead atoms. The molecular formula is C25H20ClNO2. The highest BCUT2D eigenvalue weighted by Gasteiger charge is 2.10. The lowest BCUT2D eigenvalue weighted by Crippen LogP contribution is -2.24. The van der Waals surface area contributed by atoms with E-state index in [0.717, 1.165) is 37.7 Å². The number of rotatable bonds is 5. The predicted octanol–water partition coefficient (Wildman–Crippen LogP) is 6.59. The van der Waals surface area contributed by atoms with E-state index in [1.54, 1.807) is 0 Å². The number of ether oxygens (including phenoxy) is 1. The van der Waals surface area contributed by atoms with Crippen molar-refractivity contribution in [2.75, 3.05) is 6.54 Å². The predicted molar refractivity (Wildman–Crippen MR) is 120 cm³/mol. The SMILES string of the molecule is O=C(NCC=Cc1c2ccccc2c(Cl)c2ccccc12)OCc1ccccc1. The molecule has 1 N–H and O–H groups in total. The maximum atomic E-state index is 11.9. The monoisotopic (exact) mass is 401 g/mol. The number of hydrogen-bond donors (Lipinski definition) is 1. The van der Waals surface area contributed by atoms with Crippen LogP contribution in [0.1, 0.15) is 11.1 Å². The first-order chi connectivity index (χ1) is 14.2. The van der Waals surface area contributed by atoms with Crippen LogP contribution in [0.15, 0.2) is 84.9 Å². The standard InChI is InChI=1S/C25H20ClNO2/c26-24-22-13-6-4-11-20(22)19(21-12-5-7-14-23(21)24)15-8-16-27-25(28)29-17-18-9-2-1-3-10-18/h1-15H,16-17H2,(H,27,28). The van der Waals surface area contributed by atoms with Crippen LogP contribution in [0.5, 0.6) is 0 Å². The third-order valence-electron chi connectivity index (χ3n) is 4.77. The van der Waals surface area contributed by atoms with E-state index in [0.29, 0.717) is 6.54 Å². The maximum Gasteiger partial charge on any atom is 0.407 e. The third-order valence-corrected chi connectivity index (χ3v) is 5.18. The van der Waals surface area contributed by atoms with Crippen LogP contribution in [-0.2, 0) is 11.3 Å². The van der Waals surface area contributed by atoms with Crippen LogP contribution >= 0.6 is 11.6 Å². The topological polar surface area (TPSA) is 38.3 Å². The summed E-state index contributed by atoms with van der Waals surface area (Å²) in [6.07, 6.45) is 3.51. The van der Waals surface area contributed by atoms with Crippen molar-refractivity contribution in [2.24, 2.45) is 0 Å². The molecule has 144 valence electrons. The summed E-state index contributed by atoms with van der Waals surface area (Å²) in [5.41, 5.74) is 2.04. The van der Waals surface area contributed by atoms with E-state index < -0.39 is 6.09 Å². The average Bonchev–Trinajstić information content (AvgIpc) is 2.78. The van der Waals surface area contributed by atoms with Crippen LogP contribution in [0.4, 0.5) is 4.79 Å². The Bertz CT molecular complexity index is 1130. The molecule has 0 heterocycles. The second-order valence-electron chi connectivity index (χ2n) is 6.66. The zero-order chi connectivity index (χ0) is 20.1. The summed E-state index contributed by atoms with van der Waals surface area (Å²) in [7, 11) is 0. The average molecular weight is 402 g/mol. The summed E-state index contributed by atoms with van der Waals surface area (Å²) in [6, 6.07) is 25.8. The van der Waals surface area contributed by atoms with E-state index in [9.17, 15) is 4.79 Å². The van der Waals surface area contributed by atoms with Crippen molar-refractivity contribution in [1.82, 2.24) is 5.32 Å². The summed E-state index contributed by atoms with van der Waals surface area (Å²) in [4.78, 5) is 11.9. The lowest BCUT2D eigenvalue weighted by molar-refractivity contribution is 0.141. The fourth-order valence-corrected chi connectivity index (χ4v) is 3.71. The molecule has 4 rings (SSSR count). The molecule has 0 fully saturated rings. The number of alkyl carbamates (subject to hydrolysis) is 1. The second-order valence-corrected chi connectivity index (χ2v) is 7.04. The Morgan fingerprint density at radius 3 is 2.00 bits per heavy atom. The molecular weight excluding hydrogens is 382 g/mol. The lowest BCUT2D eigenvalue weighted by atomic mass is 9.96. The molecule has 0 radical (unpaired) electrons. The number of amides is 1. The molecule has 4 heteroatoms. The Morgan fingerprint density at radius 1 is 0.828 bits per heavy atom. The van der Waals surface area contributed by atoms with Crippen molar-refractivity contribution >= 4 is 45.3 Å². The highest BCUT2D eigenvalue weighted by molar-refractivity contribution is 6.41. The second kappa shape index (κ2) is 8.80. The Labute approximate surface area is 174 Å². The fourth-order valence-electron chi connectivity index (χ4n) is 3.38. The molecule has 0 aliphatic rings. The van der Waals surface area contributed by atoms with Crippen molar-refractivity contribution < 1.29 is 9.53 Å². The van der Waals surface area contributed by atoms with Gasteiger partial charge in [-0.15, -0.1) is 0 Å². The van der Waals surface area contributed by atoms with E-state index in [-0.39, 0.29) is 6.61 Å². The Hall–Kier alpha value is -3.30. The van der Waals surface area contributed by atoms with Crippen LogP contribution in [0.2, 0.25) is 5.02 Å². The zero-order valence-electron chi connectivity index (χ0n) is 15.8. The zero-order valence-corrected chi connectivity index (χ0v) is 16.5. The van der Waals surface area contributed by atoms with Crippen LogP contribution < -0.4 is 5.32 Å². The summed E-state index contributed by atoms with van der Waals surface area (Å²) in [5.74, 6) is 0. The lowest BCUT2D eigenvalue weighted by Gasteiger charge is -2.11. The van der Waals surface area contributed by atoms with Gasteiger partial charge in [0.2, 0.25) is 0 Å². The third kappa shape index (κ3) is 4.25. The van der Waals surface area contributed by atoms with Crippen molar-refractivity contribution in [2.45, 2.75) is 6.61 Å². The summed E-state index contributed by atoms with van der Waals surface area (Å²) in [5, 5.41) is 7.71. The van der Waals surface area contributed by atoms with Gasteiger partial charge in [-0.05, 0) is 21.9 Å². The molecule has 4 aromatic rings. The van der Waals surface area contributed by atoms with Gasteiger partial charge in [0.1, 0.15) is 6.61 Å². The number of fused-ring (bicyclic) bond motifs is 2. The van der Waals surface area contributed by atoms with Crippen LogP contribution in [0.25, 0.3) is 27.6 Å². The minimum Gasteiger partial charge on any atom is -0.445 e. The largest absolute Gasteiger partial charge is 0.445 e. The number of nitrogens with one attached hydrogen (secondary N) is 1. The molecule has 3 nitrogen and oxygen atoms in total. The van der Waals surface area contributed by atoms with Crippen molar-refractivity contribution in [1.29, 1.82) is 0 Å². The summed E-state index contributed by atoms with van der Waals surface area (Å²) >= 11 is 6.64. The van der Waals surface area contributed by atoms with Crippen molar-refractivity contribution in [3.05, 3.63) is 101 Å². The molecule has 0 saturated heterocycles. The quantitative estimate of drug-likeness (QED) is 0.383. The minimum absolute atomic E-state index is 0.253. The Morgan fingerprint density at radius 2 is 1.38 bits per heavy atom. The fraction of sp³-hybridized carbons (Fsp3) is 0.0800. The highest BCUT2D eigenvalue weighted by atomic mass is 35.5. The highest BCUT2D eigenvalue weighted by Crippen LogP contribution is 2.36. The number of benzene rings is 4. The number of hydrogen-bond acceptors (Lipinski definition) is 2. The van der Waals surface area contributed by atoms with Gasteiger partial charge in [0, 0.05) is 17.3 Å². The molecule has 0 spiro atoms. The van der Waals surface area contributed by atoms with E-state index >= 15 is 0 Å². The van der Waals surface area contributed by atoms with Gasteiger partial charge in [-0.25, -0.2) is 4.79 Å². The van der Waals surface area contributed by atoms with Gasteiger partial charge in [-0.2, -0.15) is 0 Å². The van der Waals surface area contributed by atoms with Crippen molar-refractivity contribution in [3.63, 3.8) is 0 Å². The molecule has 0 aliphatic heterocycles. The molecule has 0 aliphatic carbocycles. The first-order valence-corrected chi connectivity index (χ1v) is 9.82. The van der Waals surface area contributed by atoms with Gasteiger partial charge >= 0.3 is 6.09 Å². The minimum atomic E-state index is -0.440. The van der Waals surface area contributed by atoms with Gasteiger partial charge in [-0.3, -0.25) is 0 Å². The van der Waals surface area contributed by atoms with Gasteiger partial charge in [-0.1, -0.05) is 103 Å². The van der Waals surface area contributed by atoms with Gasteiger partial charge in [0.05, 0.1) is 5.02 Å². The molecule has 4 aromatic carbocycles. The molecule has 0 unspecified atom stereocenters. The first-order valence-electron chi connectivity index (χ1n) is 9.44. The van der Waals surface area contributed by atoms with E-state index in [1.807, 2.05) is 78.9 Å². The number of halogens is 1. The van der Waals surface area contributed by atoms with Crippen LogP contribution in [0, 0.1) is 0 Å².